The Morgan fingerprint density at radius 1 is 1.04 bits per heavy atom. The molecule has 1 aromatic carbocycles. The van der Waals surface area contributed by atoms with Crippen molar-refractivity contribution in [3.8, 4) is 0 Å². The highest BCUT2D eigenvalue weighted by Gasteiger charge is 2.08. The first-order valence-electron chi connectivity index (χ1n) is 7.27. The molecular weight excluding hydrogens is 326 g/mol. The number of carbonyl (C=O) groups excluding carboxylic acids is 2. The molecule has 0 fully saturated rings. The number of anilines is 2. The average molecular weight is 341 g/mol. The van der Waals surface area contributed by atoms with Crippen LogP contribution in [0, 0.1) is 0 Å². The maximum atomic E-state index is 12.3. The van der Waals surface area contributed by atoms with Gasteiger partial charge in [-0.3, -0.25) is 14.4 Å². The van der Waals surface area contributed by atoms with Crippen LogP contribution in [0.15, 0.2) is 52.8 Å². The lowest BCUT2D eigenvalue weighted by Gasteiger charge is -2.08. The van der Waals surface area contributed by atoms with Crippen LogP contribution in [0.2, 0.25) is 0 Å². The van der Waals surface area contributed by atoms with Gasteiger partial charge in [0.15, 0.2) is 0 Å². The van der Waals surface area contributed by atoms with Crippen molar-refractivity contribution >= 4 is 44.6 Å². The van der Waals surface area contributed by atoms with E-state index in [2.05, 4.69) is 10.6 Å². The Bertz CT molecular complexity index is 957. The molecule has 0 bridgehead atoms. The minimum Gasteiger partial charge on any atom is -0.326 e. The Morgan fingerprint density at radius 3 is 2.38 bits per heavy atom. The number of hydrogen-bond donors (Lipinski definition) is 2. The third-order valence-electron chi connectivity index (χ3n) is 3.40. The summed E-state index contributed by atoms with van der Waals surface area (Å²) in [6.45, 7) is 1.37. The van der Waals surface area contributed by atoms with E-state index >= 15 is 0 Å². The van der Waals surface area contributed by atoms with Gasteiger partial charge in [-0.05, 0) is 41.8 Å². The van der Waals surface area contributed by atoms with Gasteiger partial charge < -0.3 is 15.2 Å². The van der Waals surface area contributed by atoms with Gasteiger partial charge in [0.2, 0.25) is 11.8 Å². The second kappa shape index (κ2) is 6.67. The summed E-state index contributed by atoms with van der Waals surface area (Å²) in [7, 11) is 0. The number of fused-ring (bicyclic) bond motifs is 1. The fourth-order valence-corrected chi connectivity index (χ4v) is 3.10. The molecule has 2 heterocycles. The summed E-state index contributed by atoms with van der Waals surface area (Å²) in [5.41, 5.74) is 1.07. The lowest BCUT2D eigenvalue weighted by molar-refractivity contribution is -0.117. The first kappa shape index (κ1) is 15.9. The van der Waals surface area contributed by atoms with E-state index in [9.17, 15) is 14.4 Å². The van der Waals surface area contributed by atoms with E-state index in [1.165, 1.54) is 22.8 Å². The fraction of sp³-hybridized carbons (Fsp3) is 0.118. The molecule has 0 aliphatic carbocycles. The maximum Gasteiger partial charge on any atom is 0.259 e. The highest BCUT2D eigenvalue weighted by molar-refractivity contribution is 7.17. The largest absolute Gasteiger partial charge is 0.326 e. The lowest BCUT2D eigenvalue weighted by Crippen LogP contribution is -2.26. The van der Waals surface area contributed by atoms with Gasteiger partial charge in [-0.2, -0.15) is 0 Å². The summed E-state index contributed by atoms with van der Waals surface area (Å²) in [6, 6.07) is 10.4. The van der Waals surface area contributed by atoms with E-state index in [1.54, 1.807) is 36.5 Å². The SMILES string of the molecule is CC(=O)Nc1ccc(NC(=O)Cn2ccc3sccc3c2=O)cc1. The number of pyridine rings is 1. The second-order valence-electron chi connectivity index (χ2n) is 5.25. The number of nitrogens with one attached hydrogen (secondary N) is 2. The molecule has 0 aliphatic heterocycles. The number of aromatic nitrogens is 1. The first-order valence-corrected chi connectivity index (χ1v) is 8.15. The standard InChI is InChI=1S/C17H15N3O3S/c1-11(21)18-12-2-4-13(5-3-12)19-16(22)10-20-8-6-15-14(17(20)23)7-9-24-15/h2-9H,10H2,1H3,(H,18,21)(H,19,22). The van der Waals surface area contributed by atoms with Crippen LogP contribution in [0.5, 0.6) is 0 Å². The Balaban J connectivity index is 1.69. The molecule has 0 radical (unpaired) electrons. The van der Waals surface area contributed by atoms with Crippen molar-refractivity contribution in [2.24, 2.45) is 0 Å². The number of hydrogen-bond acceptors (Lipinski definition) is 4. The van der Waals surface area contributed by atoms with Gasteiger partial charge in [0.05, 0.1) is 5.39 Å². The first-order chi connectivity index (χ1) is 11.5. The minimum atomic E-state index is -0.293. The molecule has 0 unspecified atom stereocenters. The van der Waals surface area contributed by atoms with Gasteiger partial charge in [0.1, 0.15) is 6.54 Å². The molecule has 0 saturated heterocycles. The van der Waals surface area contributed by atoms with Gasteiger partial charge in [-0.15, -0.1) is 11.3 Å². The minimum absolute atomic E-state index is 0.0575. The van der Waals surface area contributed by atoms with Crippen LogP contribution in [-0.2, 0) is 16.1 Å². The maximum absolute atomic E-state index is 12.3. The summed E-state index contributed by atoms with van der Waals surface area (Å²) in [5.74, 6) is -0.450. The van der Waals surface area contributed by atoms with Gasteiger partial charge in [0.25, 0.3) is 5.56 Å². The number of rotatable bonds is 4. The van der Waals surface area contributed by atoms with Crippen LogP contribution in [0.4, 0.5) is 11.4 Å². The van der Waals surface area contributed by atoms with Crippen LogP contribution in [0.1, 0.15) is 6.92 Å². The summed E-state index contributed by atoms with van der Waals surface area (Å²) in [4.78, 5) is 35.4. The van der Waals surface area contributed by atoms with Crippen molar-refractivity contribution < 1.29 is 9.59 Å². The summed E-state index contributed by atoms with van der Waals surface area (Å²) < 4.78 is 2.29. The zero-order valence-corrected chi connectivity index (χ0v) is 13.7. The monoisotopic (exact) mass is 341 g/mol. The molecule has 24 heavy (non-hydrogen) atoms. The summed E-state index contributed by atoms with van der Waals surface area (Å²) in [5, 5.41) is 7.86. The Labute approximate surface area is 141 Å². The Kier molecular flexibility index (Phi) is 4.43. The van der Waals surface area contributed by atoms with Crippen molar-refractivity contribution in [3.05, 3.63) is 58.3 Å². The normalized spacial score (nSPS) is 10.5. The number of carbonyl (C=O) groups is 2. The number of nitrogens with zero attached hydrogens (tertiary/aromatic N) is 1. The van der Waals surface area contributed by atoms with E-state index in [0.717, 1.165) is 4.70 Å². The van der Waals surface area contributed by atoms with Gasteiger partial charge in [0, 0.05) is 29.2 Å². The van der Waals surface area contributed by atoms with Crippen molar-refractivity contribution in [1.29, 1.82) is 0 Å². The van der Waals surface area contributed by atoms with E-state index < -0.39 is 0 Å². The molecule has 3 rings (SSSR count). The zero-order valence-electron chi connectivity index (χ0n) is 12.9. The molecule has 122 valence electrons. The number of amides is 2. The van der Waals surface area contributed by atoms with Crippen molar-refractivity contribution in [3.63, 3.8) is 0 Å². The van der Waals surface area contributed by atoms with E-state index in [1.807, 2.05) is 11.4 Å². The smallest absolute Gasteiger partial charge is 0.259 e. The van der Waals surface area contributed by atoms with E-state index in [4.69, 9.17) is 0 Å². The van der Waals surface area contributed by atoms with Crippen LogP contribution < -0.4 is 16.2 Å². The van der Waals surface area contributed by atoms with Crippen molar-refractivity contribution in [2.45, 2.75) is 13.5 Å². The van der Waals surface area contributed by atoms with Crippen LogP contribution in [-0.4, -0.2) is 16.4 Å². The molecule has 7 heteroatoms. The molecule has 2 amide bonds. The Hall–Kier alpha value is -2.93. The van der Waals surface area contributed by atoms with E-state index in [0.29, 0.717) is 16.8 Å². The van der Waals surface area contributed by atoms with Gasteiger partial charge in [-0.1, -0.05) is 0 Å². The molecule has 0 aliphatic rings. The lowest BCUT2D eigenvalue weighted by atomic mass is 10.2. The van der Waals surface area contributed by atoms with Crippen molar-refractivity contribution in [2.75, 3.05) is 10.6 Å². The molecule has 3 aromatic rings. The van der Waals surface area contributed by atoms with Crippen molar-refractivity contribution in [1.82, 2.24) is 4.57 Å². The molecule has 6 nitrogen and oxygen atoms in total. The second-order valence-corrected chi connectivity index (χ2v) is 6.20. The highest BCUT2D eigenvalue weighted by Crippen LogP contribution is 2.16. The van der Waals surface area contributed by atoms with Crippen LogP contribution >= 0.6 is 11.3 Å². The van der Waals surface area contributed by atoms with Crippen LogP contribution in [0.25, 0.3) is 10.1 Å². The molecular formula is C17H15N3O3S. The number of benzene rings is 1. The fourth-order valence-electron chi connectivity index (χ4n) is 2.33. The molecule has 0 atom stereocenters. The van der Waals surface area contributed by atoms with Gasteiger partial charge >= 0.3 is 0 Å². The molecule has 2 N–H and O–H groups in total. The molecule has 2 aromatic heterocycles. The predicted molar refractivity (Wildman–Crippen MR) is 95.5 cm³/mol. The third kappa shape index (κ3) is 3.52. The quantitative estimate of drug-likeness (QED) is 0.765. The Morgan fingerprint density at radius 2 is 1.71 bits per heavy atom. The summed E-state index contributed by atoms with van der Waals surface area (Å²) in [6.07, 6.45) is 1.63. The highest BCUT2D eigenvalue weighted by atomic mass is 32.1. The van der Waals surface area contributed by atoms with Crippen LogP contribution in [0.3, 0.4) is 0 Å². The zero-order chi connectivity index (χ0) is 17.1. The average Bonchev–Trinajstić information content (AvgIpc) is 3.01. The molecule has 0 saturated carbocycles. The third-order valence-corrected chi connectivity index (χ3v) is 4.28. The topological polar surface area (TPSA) is 80.2 Å². The molecule has 0 spiro atoms. The predicted octanol–water partition coefficient (Wildman–Crippen LogP) is 2.66. The van der Waals surface area contributed by atoms with Gasteiger partial charge in [-0.25, -0.2) is 0 Å². The number of thiophene rings is 1. The van der Waals surface area contributed by atoms with E-state index in [-0.39, 0.29) is 23.9 Å². The summed E-state index contributed by atoms with van der Waals surface area (Å²) >= 11 is 1.49.